The van der Waals surface area contributed by atoms with Crippen LogP contribution in [0.5, 0.6) is 0 Å². The minimum Gasteiger partial charge on any atom is -0.355 e. The van der Waals surface area contributed by atoms with E-state index in [4.69, 9.17) is 11.6 Å². The molecule has 0 aliphatic rings. The third kappa shape index (κ3) is 9.46. The van der Waals surface area contributed by atoms with E-state index in [1.807, 2.05) is 30.1 Å². The van der Waals surface area contributed by atoms with E-state index in [0.29, 0.717) is 16.9 Å². The summed E-state index contributed by atoms with van der Waals surface area (Å²) in [6.07, 6.45) is 2.04. The molecule has 170 valence electrons. The van der Waals surface area contributed by atoms with Crippen molar-refractivity contribution in [2.45, 2.75) is 51.4 Å². The van der Waals surface area contributed by atoms with Gasteiger partial charge in [0.2, 0.25) is 5.91 Å². The lowest BCUT2D eigenvalue weighted by Crippen LogP contribution is -2.34. The van der Waals surface area contributed by atoms with Gasteiger partial charge in [0, 0.05) is 25.7 Å². The zero-order chi connectivity index (χ0) is 22.6. The standard InChI is InChI=1S/C23H34ClN5OS/c1-5-29(6-2)14-10-11-18(3)25-22(30)17-31-23-26-20(24)15-21(27-23)28(4)16-19-12-8-7-9-13-19/h7-9,12-13,15,18H,5-6,10-11,14,16-17H2,1-4H3,(H,25,30). The van der Waals surface area contributed by atoms with Gasteiger partial charge in [-0.1, -0.05) is 67.5 Å². The number of nitrogens with one attached hydrogen (secondary N) is 1. The molecule has 1 aromatic heterocycles. The van der Waals surface area contributed by atoms with Crippen LogP contribution in [0.2, 0.25) is 5.15 Å². The van der Waals surface area contributed by atoms with Crippen molar-refractivity contribution in [2.75, 3.05) is 37.3 Å². The SMILES string of the molecule is CCN(CC)CCCC(C)NC(=O)CSc1nc(Cl)cc(N(C)Cc2ccccc2)n1. The van der Waals surface area contributed by atoms with Crippen LogP contribution in [0.3, 0.4) is 0 Å². The largest absolute Gasteiger partial charge is 0.355 e. The summed E-state index contributed by atoms with van der Waals surface area (Å²) >= 11 is 7.51. The number of carbonyl (C=O) groups is 1. The minimum atomic E-state index is -0.0110. The van der Waals surface area contributed by atoms with Gasteiger partial charge < -0.3 is 15.1 Å². The zero-order valence-electron chi connectivity index (χ0n) is 19.0. The molecule has 1 unspecified atom stereocenters. The molecule has 0 aliphatic heterocycles. The maximum atomic E-state index is 12.3. The number of carbonyl (C=O) groups excluding carboxylic acids is 1. The van der Waals surface area contributed by atoms with Crippen LogP contribution < -0.4 is 10.2 Å². The van der Waals surface area contributed by atoms with E-state index >= 15 is 0 Å². The van der Waals surface area contributed by atoms with E-state index in [2.05, 4.69) is 53.1 Å². The first-order valence-corrected chi connectivity index (χ1v) is 12.2. The fourth-order valence-electron chi connectivity index (χ4n) is 3.26. The van der Waals surface area contributed by atoms with E-state index < -0.39 is 0 Å². The van der Waals surface area contributed by atoms with Gasteiger partial charge >= 0.3 is 0 Å². The van der Waals surface area contributed by atoms with Gasteiger partial charge in [-0.15, -0.1) is 0 Å². The molecule has 2 aromatic rings. The van der Waals surface area contributed by atoms with Gasteiger partial charge in [0.1, 0.15) is 11.0 Å². The van der Waals surface area contributed by atoms with Crippen LogP contribution in [0.25, 0.3) is 0 Å². The summed E-state index contributed by atoms with van der Waals surface area (Å²) < 4.78 is 0. The Morgan fingerprint density at radius 1 is 1.19 bits per heavy atom. The molecule has 0 saturated heterocycles. The number of thioether (sulfide) groups is 1. The van der Waals surface area contributed by atoms with Crippen LogP contribution in [-0.4, -0.2) is 59.3 Å². The lowest BCUT2D eigenvalue weighted by Gasteiger charge is -2.20. The highest BCUT2D eigenvalue weighted by Gasteiger charge is 2.12. The Morgan fingerprint density at radius 3 is 2.58 bits per heavy atom. The predicted molar refractivity (Wildman–Crippen MR) is 131 cm³/mol. The molecular weight excluding hydrogens is 430 g/mol. The number of rotatable bonds is 13. The second kappa shape index (κ2) is 13.6. The number of benzene rings is 1. The molecule has 0 radical (unpaired) electrons. The van der Waals surface area contributed by atoms with Crippen molar-refractivity contribution in [3.8, 4) is 0 Å². The Labute approximate surface area is 195 Å². The fourth-order valence-corrected chi connectivity index (χ4v) is 4.16. The van der Waals surface area contributed by atoms with E-state index in [1.165, 1.54) is 17.3 Å². The lowest BCUT2D eigenvalue weighted by molar-refractivity contribution is -0.119. The molecule has 6 nitrogen and oxygen atoms in total. The molecule has 0 bridgehead atoms. The monoisotopic (exact) mass is 463 g/mol. The second-order valence-electron chi connectivity index (χ2n) is 7.60. The maximum Gasteiger partial charge on any atom is 0.230 e. The first-order valence-electron chi connectivity index (χ1n) is 10.8. The van der Waals surface area contributed by atoms with Crippen molar-refractivity contribution >= 4 is 35.1 Å². The van der Waals surface area contributed by atoms with Crippen LogP contribution in [0.1, 0.15) is 39.2 Å². The van der Waals surface area contributed by atoms with E-state index in [1.54, 1.807) is 6.07 Å². The Hall–Kier alpha value is -1.83. The molecule has 1 N–H and O–H groups in total. The van der Waals surface area contributed by atoms with Crippen LogP contribution in [-0.2, 0) is 11.3 Å². The molecule has 31 heavy (non-hydrogen) atoms. The third-order valence-electron chi connectivity index (χ3n) is 5.06. The molecule has 1 amide bonds. The molecule has 1 aromatic carbocycles. The average Bonchev–Trinajstić information content (AvgIpc) is 2.75. The summed E-state index contributed by atoms with van der Waals surface area (Å²) in [5, 5.41) is 3.95. The number of anilines is 1. The van der Waals surface area contributed by atoms with Gasteiger partial charge in [-0.25, -0.2) is 9.97 Å². The predicted octanol–water partition coefficient (Wildman–Crippen LogP) is 4.49. The van der Waals surface area contributed by atoms with E-state index in [0.717, 1.165) is 38.3 Å². The summed E-state index contributed by atoms with van der Waals surface area (Å²) in [5.41, 5.74) is 1.18. The number of hydrogen-bond donors (Lipinski definition) is 1. The van der Waals surface area contributed by atoms with Crippen molar-refractivity contribution in [3.63, 3.8) is 0 Å². The third-order valence-corrected chi connectivity index (χ3v) is 6.10. The van der Waals surface area contributed by atoms with Gasteiger partial charge in [0.15, 0.2) is 5.16 Å². The first-order chi connectivity index (χ1) is 14.9. The number of nitrogens with zero attached hydrogens (tertiary/aromatic N) is 4. The molecule has 0 aliphatic carbocycles. The first kappa shape index (κ1) is 25.4. The summed E-state index contributed by atoms with van der Waals surface area (Å²) in [5.74, 6) is 0.988. The Kier molecular flexibility index (Phi) is 11.1. The zero-order valence-corrected chi connectivity index (χ0v) is 20.5. The van der Waals surface area contributed by atoms with Crippen molar-refractivity contribution in [2.24, 2.45) is 0 Å². The number of halogens is 1. The van der Waals surface area contributed by atoms with Crippen LogP contribution in [0.4, 0.5) is 5.82 Å². The smallest absolute Gasteiger partial charge is 0.230 e. The van der Waals surface area contributed by atoms with Gasteiger partial charge in [0.25, 0.3) is 0 Å². The van der Waals surface area contributed by atoms with Crippen molar-refractivity contribution in [1.29, 1.82) is 0 Å². The Bertz CT molecular complexity index is 804. The highest BCUT2D eigenvalue weighted by Crippen LogP contribution is 2.22. The topological polar surface area (TPSA) is 61.4 Å². The summed E-state index contributed by atoms with van der Waals surface area (Å²) in [6.45, 7) is 10.3. The number of hydrogen-bond acceptors (Lipinski definition) is 6. The maximum absolute atomic E-state index is 12.3. The quantitative estimate of drug-likeness (QED) is 0.268. The Morgan fingerprint density at radius 2 is 1.90 bits per heavy atom. The van der Waals surface area contributed by atoms with Crippen LogP contribution in [0, 0.1) is 0 Å². The Balaban J connectivity index is 1.82. The van der Waals surface area contributed by atoms with Gasteiger partial charge in [-0.3, -0.25) is 4.79 Å². The van der Waals surface area contributed by atoms with E-state index in [9.17, 15) is 4.79 Å². The highest BCUT2D eigenvalue weighted by atomic mass is 35.5. The molecule has 0 fully saturated rings. The molecule has 8 heteroatoms. The molecule has 1 heterocycles. The van der Waals surface area contributed by atoms with Crippen molar-refractivity contribution < 1.29 is 4.79 Å². The number of amides is 1. The molecule has 2 rings (SSSR count). The van der Waals surface area contributed by atoms with Gasteiger partial charge in [0.05, 0.1) is 5.75 Å². The molecule has 0 saturated carbocycles. The minimum absolute atomic E-state index is 0.0110. The summed E-state index contributed by atoms with van der Waals surface area (Å²) in [7, 11) is 1.96. The van der Waals surface area contributed by atoms with Gasteiger partial charge in [-0.2, -0.15) is 0 Å². The summed E-state index contributed by atoms with van der Waals surface area (Å²) in [6, 6.07) is 12.1. The summed E-state index contributed by atoms with van der Waals surface area (Å²) in [4.78, 5) is 25.6. The molecular formula is C23H34ClN5OS. The normalized spacial score (nSPS) is 12.1. The molecule has 1 atom stereocenters. The van der Waals surface area contributed by atoms with E-state index in [-0.39, 0.29) is 17.7 Å². The van der Waals surface area contributed by atoms with Crippen LogP contribution in [0.15, 0.2) is 41.6 Å². The van der Waals surface area contributed by atoms with Crippen LogP contribution >= 0.6 is 23.4 Å². The number of aromatic nitrogens is 2. The van der Waals surface area contributed by atoms with Gasteiger partial charge in [-0.05, 0) is 45.0 Å². The second-order valence-corrected chi connectivity index (χ2v) is 8.93. The highest BCUT2D eigenvalue weighted by molar-refractivity contribution is 7.99. The van der Waals surface area contributed by atoms with Crippen molar-refractivity contribution in [3.05, 3.63) is 47.1 Å². The lowest BCUT2D eigenvalue weighted by atomic mass is 10.2. The fraction of sp³-hybridized carbons (Fsp3) is 0.522. The van der Waals surface area contributed by atoms with Crippen molar-refractivity contribution in [1.82, 2.24) is 20.2 Å². The average molecular weight is 464 g/mol. The molecule has 0 spiro atoms.